The minimum atomic E-state index is 0.256. The van der Waals surface area contributed by atoms with E-state index in [0.29, 0.717) is 11.8 Å². The van der Waals surface area contributed by atoms with Gasteiger partial charge < -0.3 is 14.8 Å². The molecule has 0 spiro atoms. The summed E-state index contributed by atoms with van der Waals surface area (Å²) in [7, 11) is 3.57. The summed E-state index contributed by atoms with van der Waals surface area (Å²) < 4.78 is 10.4. The quantitative estimate of drug-likeness (QED) is 0.860. The largest absolute Gasteiger partial charge is 0.480 e. The number of methoxy groups -OCH3 is 1. The lowest BCUT2D eigenvalue weighted by Gasteiger charge is -2.26. The summed E-state index contributed by atoms with van der Waals surface area (Å²) in [5, 5.41) is 11.6. The number of rotatable bonds is 5. The third-order valence-corrected chi connectivity index (χ3v) is 3.49. The highest BCUT2D eigenvalue weighted by atomic mass is 16.5. The van der Waals surface area contributed by atoms with Crippen molar-refractivity contribution < 1.29 is 9.47 Å². The highest BCUT2D eigenvalue weighted by Gasteiger charge is 2.20. The van der Waals surface area contributed by atoms with Crippen molar-refractivity contribution in [2.45, 2.75) is 25.3 Å². The Kier molecular flexibility index (Phi) is 4.90. The van der Waals surface area contributed by atoms with Gasteiger partial charge in [0.25, 0.3) is 0 Å². The molecule has 2 heterocycles. The Hall–Kier alpha value is -1.20. The number of ether oxygens (including phenoxy) is 2. The first-order chi connectivity index (χ1) is 8.83. The van der Waals surface area contributed by atoms with E-state index >= 15 is 0 Å². The molecule has 0 aromatic carbocycles. The van der Waals surface area contributed by atoms with Crippen molar-refractivity contribution >= 4 is 0 Å². The van der Waals surface area contributed by atoms with Gasteiger partial charge in [0.15, 0.2) is 0 Å². The van der Waals surface area contributed by atoms with Gasteiger partial charge in [-0.25, -0.2) is 0 Å². The van der Waals surface area contributed by atoms with Crippen molar-refractivity contribution in [2.24, 2.45) is 5.92 Å². The van der Waals surface area contributed by atoms with Crippen molar-refractivity contribution in [1.29, 1.82) is 0 Å². The summed E-state index contributed by atoms with van der Waals surface area (Å²) in [6, 6.07) is 4.09. The van der Waals surface area contributed by atoms with E-state index in [1.165, 1.54) is 0 Å². The lowest BCUT2D eigenvalue weighted by molar-refractivity contribution is 0.0606. The van der Waals surface area contributed by atoms with E-state index in [-0.39, 0.29) is 6.04 Å². The van der Waals surface area contributed by atoms with Gasteiger partial charge in [0.05, 0.1) is 18.8 Å². The zero-order chi connectivity index (χ0) is 12.8. The monoisotopic (exact) mass is 251 g/mol. The van der Waals surface area contributed by atoms with Crippen molar-refractivity contribution in [3.8, 4) is 5.88 Å². The SMILES string of the molecule is CNC(CC1CCOCC1)c1ccc(OC)nn1. The molecular formula is C13H21N3O2. The molecule has 0 bridgehead atoms. The number of nitrogens with one attached hydrogen (secondary N) is 1. The van der Waals surface area contributed by atoms with Crippen LogP contribution in [0.2, 0.25) is 0 Å². The average molecular weight is 251 g/mol. The van der Waals surface area contributed by atoms with Crippen molar-refractivity contribution in [3.63, 3.8) is 0 Å². The molecule has 1 unspecified atom stereocenters. The Balaban J connectivity index is 1.97. The van der Waals surface area contributed by atoms with Crippen LogP contribution in [0.25, 0.3) is 0 Å². The maximum atomic E-state index is 5.39. The minimum Gasteiger partial charge on any atom is -0.480 e. The number of hydrogen-bond donors (Lipinski definition) is 1. The first-order valence-corrected chi connectivity index (χ1v) is 6.46. The molecule has 1 fully saturated rings. The number of nitrogens with zero attached hydrogens (tertiary/aromatic N) is 2. The standard InChI is InChI=1S/C13H21N3O2/c1-14-12(9-10-5-7-18-8-6-10)11-3-4-13(17-2)16-15-11/h3-4,10,12,14H,5-9H2,1-2H3. The summed E-state index contributed by atoms with van der Waals surface area (Å²) in [6.07, 6.45) is 3.37. The second-order valence-electron chi connectivity index (χ2n) is 4.63. The Morgan fingerprint density at radius 2 is 2.17 bits per heavy atom. The molecule has 1 atom stereocenters. The normalized spacial score (nSPS) is 18.6. The van der Waals surface area contributed by atoms with Gasteiger partial charge in [-0.15, -0.1) is 5.10 Å². The van der Waals surface area contributed by atoms with Crippen LogP contribution in [0.5, 0.6) is 5.88 Å². The third-order valence-electron chi connectivity index (χ3n) is 3.49. The maximum absolute atomic E-state index is 5.39. The second kappa shape index (κ2) is 6.66. The van der Waals surface area contributed by atoms with Crippen LogP contribution in [0.1, 0.15) is 31.0 Å². The summed E-state index contributed by atoms with van der Waals surface area (Å²) in [5.74, 6) is 1.26. The topological polar surface area (TPSA) is 56.3 Å². The van der Waals surface area contributed by atoms with Crippen LogP contribution in [0.4, 0.5) is 0 Å². The Morgan fingerprint density at radius 1 is 1.39 bits per heavy atom. The van der Waals surface area contributed by atoms with Crippen LogP contribution in [0.3, 0.4) is 0 Å². The van der Waals surface area contributed by atoms with E-state index < -0.39 is 0 Å². The lowest BCUT2D eigenvalue weighted by Crippen LogP contribution is -2.24. The number of aromatic nitrogens is 2. The maximum Gasteiger partial charge on any atom is 0.233 e. The molecule has 100 valence electrons. The molecule has 5 heteroatoms. The van der Waals surface area contributed by atoms with Gasteiger partial charge >= 0.3 is 0 Å². The van der Waals surface area contributed by atoms with E-state index in [4.69, 9.17) is 9.47 Å². The Morgan fingerprint density at radius 3 is 2.72 bits per heavy atom. The molecule has 0 amide bonds. The van der Waals surface area contributed by atoms with Crippen molar-refractivity contribution in [2.75, 3.05) is 27.4 Å². The fraction of sp³-hybridized carbons (Fsp3) is 0.692. The smallest absolute Gasteiger partial charge is 0.233 e. The summed E-state index contributed by atoms with van der Waals surface area (Å²) in [5.41, 5.74) is 0.977. The molecular weight excluding hydrogens is 230 g/mol. The summed E-state index contributed by atoms with van der Waals surface area (Å²) >= 11 is 0. The van der Waals surface area contributed by atoms with Crippen LogP contribution in [0, 0.1) is 5.92 Å². The molecule has 1 saturated heterocycles. The van der Waals surface area contributed by atoms with Gasteiger partial charge in [-0.3, -0.25) is 0 Å². The fourth-order valence-electron chi connectivity index (χ4n) is 2.33. The zero-order valence-electron chi connectivity index (χ0n) is 11.1. The van der Waals surface area contributed by atoms with Gasteiger partial charge in [0.2, 0.25) is 5.88 Å². The first-order valence-electron chi connectivity index (χ1n) is 6.46. The van der Waals surface area contributed by atoms with E-state index in [9.17, 15) is 0 Å². The van der Waals surface area contributed by atoms with Gasteiger partial charge in [0, 0.05) is 19.3 Å². The highest BCUT2D eigenvalue weighted by Crippen LogP contribution is 2.26. The van der Waals surface area contributed by atoms with Crippen LogP contribution in [-0.2, 0) is 4.74 Å². The predicted octanol–water partition coefficient (Wildman–Crippen LogP) is 1.56. The van der Waals surface area contributed by atoms with Gasteiger partial charge in [-0.05, 0) is 38.3 Å². The molecule has 5 nitrogen and oxygen atoms in total. The molecule has 1 aromatic rings. The van der Waals surface area contributed by atoms with Gasteiger partial charge in [0.1, 0.15) is 0 Å². The van der Waals surface area contributed by atoms with Crippen LogP contribution >= 0.6 is 0 Å². The van der Waals surface area contributed by atoms with Crippen molar-refractivity contribution in [1.82, 2.24) is 15.5 Å². The first kappa shape index (κ1) is 13.2. The van der Waals surface area contributed by atoms with Gasteiger partial charge in [-0.2, -0.15) is 5.10 Å². The molecule has 1 aliphatic rings. The third kappa shape index (κ3) is 3.40. The predicted molar refractivity (Wildman–Crippen MR) is 68.5 cm³/mol. The summed E-state index contributed by atoms with van der Waals surface area (Å²) in [6.45, 7) is 1.77. The zero-order valence-corrected chi connectivity index (χ0v) is 11.1. The average Bonchev–Trinajstić information content (AvgIpc) is 2.46. The number of hydrogen-bond acceptors (Lipinski definition) is 5. The molecule has 0 saturated carbocycles. The Bertz CT molecular complexity index is 350. The van der Waals surface area contributed by atoms with Crippen LogP contribution < -0.4 is 10.1 Å². The fourth-order valence-corrected chi connectivity index (χ4v) is 2.33. The molecule has 18 heavy (non-hydrogen) atoms. The molecule has 1 aromatic heterocycles. The molecule has 1 N–H and O–H groups in total. The van der Waals surface area contributed by atoms with E-state index in [0.717, 1.165) is 38.2 Å². The molecule has 2 rings (SSSR count). The molecule has 1 aliphatic heterocycles. The highest BCUT2D eigenvalue weighted by molar-refractivity contribution is 5.14. The van der Waals surface area contributed by atoms with Crippen LogP contribution in [0.15, 0.2) is 12.1 Å². The van der Waals surface area contributed by atoms with E-state index in [2.05, 4.69) is 15.5 Å². The minimum absolute atomic E-state index is 0.256. The lowest BCUT2D eigenvalue weighted by atomic mass is 9.91. The summed E-state index contributed by atoms with van der Waals surface area (Å²) in [4.78, 5) is 0. The van der Waals surface area contributed by atoms with Gasteiger partial charge in [-0.1, -0.05) is 0 Å². The molecule has 0 radical (unpaired) electrons. The second-order valence-corrected chi connectivity index (χ2v) is 4.63. The van der Waals surface area contributed by atoms with Crippen LogP contribution in [-0.4, -0.2) is 37.6 Å². The molecule has 0 aliphatic carbocycles. The van der Waals surface area contributed by atoms with E-state index in [1.807, 2.05) is 19.2 Å². The van der Waals surface area contributed by atoms with Crippen molar-refractivity contribution in [3.05, 3.63) is 17.8 Å². The Labute approximate surface area is 108 Å². The van der Waals surface area contributed by atoms with E-state index in [1.54, 1.807) is 7.11 Å².